The van der Waals surface area contributed by atoms with Crippen LogP contribution in [0.1, 0.15) is 0 Å². The summed E-state index contributed by atoms with van der Waals surface area (Å²) in [5.41, 5.74) is 0. The highest BCUT2D eigenvalue weighted by Gasteiger charge is 2.31. The minimum Gasteiger partial charge on any atom is -0.323 e. The molecule has 2 N–H and O–H groups in total. The number of benzene rings is 2. The Hall–Kier alpha value is -2.26. The van der Waals surface area contributed by atoms with E-state index in [1.807, 2.05) is 12.1 Å². The van der Waals surface area contributed by atoms with Crippen molar-refractivity contribution in [3.63, 3.8) is 0 Å². The molecule has 1 aliphatic heterocycles. The molecule has 0 saturated carbocycles. The molecule has 20 heavy (non-hydrogen) atoms. The van der Waals surface area contributed by atoms with E-state index in [2.05, 4.69) is 71.2 Å². The molecule has 1 aliphatic rings. The van der Waals surface area contributed by atoms with Crippen LogP contribution in [0.3, 0.4) is 0 Å². The molecule has 0 aliphatic carbocycles. The molecule has 2 aromatic carbocycles. The maximum atomic E-state index is 5.40. The van der Waals surface area contributed by atoms with Crippen LogP contribution in [-0.4, -0.2) is 6.21 Å². The summed E-state index contributed by atoms with van der Waals surface area (Å²) in [5.74, 6) is 5.40. The molecule has 0 spiro atoms. The lowest BCUT2D eigenvalue weighted by molar-refractivity contribution is 1.27. The van der Waals surface area contributed by atoms with Crippen LogP contribution in [0.5, 0.6) is 0 Å². The predicted molar refractivity (Wildman–Crippen MR) is 86.9 cm³/mol. The number of hydrazone groups is 1. The third-order valence-corrected chi connectivity index (χ3v) is 6.93. The van der Waals surface area contributed by atoms with E-state index in [1.54, 1.807) is 6.21 Å². The third-order valence-electron chi connectivity index (χ3n) is 3.35. The molecule has 100 valence electrons. The lowest BCUT2D eigenvalue weighted by Gasteiger charge is -2.36. The second kappa shape index (κ2) is 5.39. The van der Waals surface area contributed by atoms with Crippen LogP contribution >= 0.6 is 10.0 Å². The van der Waals surface area contributed by atoms with Gasteiger partial charge < -0.3 is 5.84 Å². The molecule has 3 rings (SSSR count). The molecule has 0 radical (unpaired) electrons. The summed E-state index contributed by atoms with van der Waals surface area (Å²) in [6.45, 7) is 0. The van der Waals surface area contributed by atoms with Crippen molar-refractivity contribution in [2.45, 2.75) is 9.79 Å². The van der Waals surface area contributed by atoms with Gasteiger partial charge in [0.25, 0.3) is 0 Å². The van der Waals surface area contributed by atoms with Crippen LogP contribution in [0.25, 0.3) is 0 Å². The van der Waals surface area contributed by atoms with E-state index in [1.165, 1.54) is 9.79 Å². The molecule has 0 unspecified atom stereocenters. The van der Waals surface area contributed by atoms with Gasteiger partial charge in [-0.15, -0.1) is 10.0 Å². The first-order chi connectivity index (χ1) is 9.88. The van der Waals surface area contributed by atoms with Crippen molar-refractivity contribution < 1.29 is 0 Å². The van der Waals surface area contributed by atoms with E-state index >= 15 is 0 Å². The Morgan fingerprint density at radius 3 is 1.90 bits per heavy atom. The first-order valence-electron chi connectivity index (χ1n) is 6.43. The molecule has 0 fully saturated rings. The van der Waals surface area contributed by atoms with Gasteiger partial charge >= 0.3 is 0 Å². The average molecular weight is 280 g/mol. The number of hydrogen-bond donors (Lipinski definition) is 1. The molecule has 2 aromatic rings. The molecule has 0 atom stereocenters. The smallest absolute Gasteiger partial charge is 0.0595 e. The molecular formula is C17H16N2S. The van der Waals surface area contributed by atoms with E-state index in [0.717, 1.165) is 4.91 Å². The van der Waals surface area contributed by atoms with Gasteiger partial charge in [0.1, 0.15) is 0 Å². The SMILES string of the molecule is NN=CC1=CC=CS1(c1ccccc1)c1ccccc1. The lowest BCUT2D eigenvalue weighted by Crippen LogP contribution is -2.02. The van der Waals surface area contributed by atoms with E-state index in [4.69, 9.17) is 5.84 Å². The van der Waals surface area contributed by atoms with Crippen LogP contribution in [0.4, 0.5) is 0 Å². The highest BCUT2D eigenvalue weighted by atomic mass is 32.3. The van der Waals surface area contributed by atoms with Gasteiger partial charge in [0, 0.05) is 14.7 Å². The van der Waals surface area contributed by atoms with E-state index in [-0.39, 0.29) is 0 Å². The molecule has 0 aromatic heterocycles. The van der Waals surface area contributed by atoms with Gasteiger partial charge in [-0.3, -0.25) is 0 Å². The van der Waals surface area contributed by atoms with Crippen molar-refractivity contribution in [2.75, 3.05) is 0 Å². The maximum absolute atomic E-state index is 5.40. The minimum atomic E-state index is -1.37. The molecular weight excluding hydrogens is 264 g/mol. The van der Waals surface area contributed by atoms with E-state index < -0.39 is 10.0 Å². The van der Waals surface area contributed by atoms with Crippen molar-refractivity contribution in [3.05, 3.63) is 83.1 Å². The number of allylic oxidation sites excluding steroid dienone is 3. The summed E-state index contributed by atoms with van der Waals surface area (Å²) in [6.07, 6.45) is 5.98. The van der Waals surface area contributed by atoms with Crippen molar-refractivity contribution in [1.82, 2.24) is 0 Å². The standard InChI is InChI=1S/C17H16N2S/c18-19-14-17-12-7-13-20(17,15-8-3-1-4-9-15)16-10-5-2-6-11-16/h1-14H,18H2. The monoisotopic (exact) mass is 280 g/mol. The fourth-order valence-corrected chi connectivity index (χ4v) is 5.77. The van der Waals surface area contributed by atoms with Crippen molar-refractivity contribution in [2.24, 2.45) is 10.9 Å². The largest absolute Gasteiger partial charge is 0.323 e. The van der Waals surface area contributed by atoms with Gasteiger partial charge in [-0.2, -0.15) is 5.10 Å². The second-order valence-corrected chi connectivity index (χ2v) is 7.47. The van der Waals surface area contributed by atoms with Gasteiger partial charge in [0.15, 0.2) is 0 Å². The quantitative estimate of drug-likeness (QED) is 0.509. The molecule has 3 heteroatoms. The van der Waals surface area contributed by atoms with Crippen molar-refractivity contribution in [3.8, 4) is 0 Å². The van der Waals surface area contributed by atoms with Crippen LogP contribution in [-0.2, 0) is 0 Å². The number of hydrogen-bond acceptors (Lipinski definition) is 2. The highest BCUT2D eigenvalue weighted by Crippen LogP contribution is 2.70. The van der Waals surface area contributed by atoms with Crippen LogP contribution in [0.2, 0.25) is 0 Å². The summed E-state index contributed by atoms with van der Waals surface area (Å²) >= 11 is 0. The van der Waals surface area contributed by atoms with E-state index in [0.29, 0.717) is 0 Å². The number of nitrogens with two attached hydrogens (primary N) is 1. The molecule has 0 saturated heterocycles. The Morgan fingerprint density at radius 2 is 1.40 bits per heavy atom. The topological polar surface area (TPSA) is 38.4 Å². The van der Waals surface area contributed by atoms with E-state index in [9.17, 15) is 0 Å². The highest BCUT2D eigenvalue weighted by molar-refractivity contribution is 8.39. The zero-order valence-electron chi connectivity index (χ0n) is 11.0. The Labute approximate surface area is 120 Å². The summed E-state index contributed by atoms with van der Waals surface area (Å²) in [5, 5.41) is 6.04. The molecule has 0 amide bonds. The zero-order chi connectivity index (χ0) is 13.8. The number of rotatable bonds is 3. The minimum absolute atomic E-state index is 1.16. The van der Waals surface area contributed by atoms with Gasteiger partial charge in [0.2, 0.25) is 0 Å². The molecule has 1 heterocycles. The van der Waals surface area contributed by atoms with Crippen LogP contribution < -0.4 is 5.84 Å². The third kappa shape index (κ3) is 1.96. The fourth-order valence-electron chi connectivity index (χ4n) is 2.47. The second-order valence-electron chi connectivity index (χ2n) is 4.46. The zero-order valence-corrected chi connectivity index (χ0v) is 11.8. The Bertz CT molecular complexity index is 633. The van der Waals surface area contributed by atoms with Crippen molar-refractivity contribution in [1.29, 1.82) is 0 Å². The number of nitrogens with zero attached hydrogens (tertiary/aromatic N) is 1. The summed E-state index contributed by atoms with van der Waals surface area (Å²) in [6, 6.07) is 21.1. The van der Waals surface area contributed by atoms with Crippen LogP contribution in [0, 0.1) is 0 Å². The lowest BCUT2D eigenvalue weighted by atomic mass is 10.4. The van der Waals surface area contributed by atoms with Gasteiger partial charge in [-0.25, -0.2) is 0 Å². The van der Waals surface area contributed by atoms with Crippen LogP contribution in [0.15, 0.2) is 98.0 Å². The predicted octanol–water partition coefficient (Wildman–Crippen LogP) is 4.26. The Kier molecular flexibility index (Phi) is 3.44. The van der Waals surface area contributed by atoms with Gasteiger partial charge in [0.05, 0.1) is 6.21 Å². The van der Waals surface area contributed by atoms with Crippen molar-refractivity contribution >= 4 is 16.2 Å². The summed E-state index contributed by atoms with van der Waals surface area (Å²) < 4.78 is 0. The maximum Gasteiger partial charge on any atom is 0.0595 e. The average Bonchev–Trinajstić information content (AvgIpc) is 2.94. The van der Waals surface area contributed by atoms with Gasteiger partial charge in [-0.05, 0) is 35.7 Å². The Morgan fingerprint density at radius 1 is 0.850 bits per heavy atom. The normalized spacial score (nSPS) is 18.1. The Balaban J connectivity index is 2.25. The summed E-state index contributed by atoms with van der Waals surface area (Å²) in [7, 11) is -1.37. The first-order valence-corrected chi connectivity index (χ1v) is 8.13. The van der Waals surface area contributed by atoms with Gasteiger partial charge in [-0.1, -0.05) is 42.5 Å². The molecule has 2 nitrogen and oxygen atoms in total. The summed E-state index contributed by atoms with van der Waals surface area (Å²) in [4.78, 5) is 3.76. The first kappa shape index (κ1) is 12.8. The fraction of sp³-hybridized carbons (Fsp3) is 0. The molecule has 0 bridgehead atoms.